The molecule has 6 heteroatoms. The van der Waals surface area contributed by atoms with Crippen LogP contribution >= 0.6 is 0 Å². The normalized spacial score (nSPS) is 19.0. The fourth-order valence-corrected chi connectivity index (χ4v) is 3.22. The lowest BCUT2D eigenvalue weighted by Crippen LogP contribution is -2.40. The number of piperidine rings is 1. The van der Waals surface area contributed by atoms with Gasteiger partial charge >= 0.3 is 0 Å². The van der Waals surface area contributed by atoms with E-state index in [4.69, 9.17) is 0 Å². The van der Waals surface area contributed by atoms with Gasteiger partial charge in [0, 0.05) is 24.8 Å². The molecule has 0 spiro atoms. The molecule has 0 saturated carbocycles. The van der Waals surface area contributed by atoms with Crippen LogP contribution in [-0.4, -0.2) is 50.3 Å². The zero-order valence-electron chi connectivity index (χ0n) is 14.3. The Kier molecular flexibility index (Phi) is 4.91. The molecule has 1 saturated heterocycles. The lowest BCUT2D eigenvalue weighted by molar-refractivity contribution is 0.167. The maximum Gasteiger partial charge on any atom is 0.174 e. The molecular formula is C17H26N6. The number of hydrogen-bond donors (Lipinski definition) is 1. The van der Waals surface area contributed by atoms with Gasteiger partial charge in [0.05, 0.1) is 18.1 Å². The van der Waals surface area contributed by atoms with Crippen molar-refractivity contribution in [3.8, 4) is 5.82 Å². The predicted molar refractivity (Wildman–Crippen MR) is 92.0 cm³/mol. The Bertz CT molecular complexity index is 650. The van der Waals surface area contributed by atoms with Gasteiger partial charge in [-0.3, -0.25) is 9.88 Å². The Labute approximate surface area is 137 Å². The van der Waals surface area contributed by atoms with E-state index in [2.05, 4.69) is 32.2 Å². The Morgan fingerprint density at radius 2 is 2.13 bits per heavy atom. The molecule has 0 aromatic carbocycles. The SMILES string of the molecule is Cc1cc(C)n(-c2cncc(NCCN3CCCCC3C)n2)n1. The Morgan fingerprint density at radius 1 is 1.26 bits per heavy atom. The summed E-state index contributed by atoms with van der Waals surface area (Å²) < 4.78 is 1.83. The first-order valence-electron chi connectivity index (χ1n) is 8.47. The lowest BCUT2D eigenvalue weighted by Gasteiger charge is -2.33. The molecule has 1 atom stereocenters. The van der Waals surface area contributed by atoms with Gasteiger partial charge in [-0.25, -0.2) is 9.67 Å². The summed E-state index contributed by atoms with van der Waals surface area (Å²) in [5.41, 5.74) is 2.05. The summed E-state index contributed by atoms with van der Waals surface area (Å²) in [5.74, 6) is 1.56. The van der Waals surface area contributed by atoms with Gasteiger partial charge in [0.25, 0.3) is 0 Å². The molecule has 23 heavy (non-hydrogen) atoms. The molecule has 1 N–H and O–H groups in total. The third kappa shape index (κ3) is 3.88. The van der Waals surface area contributed by atoms with E-state index in [0.29, 0.717) is 6.04 Å². The van der Waals surface area contributed by atoms with Gasteiger partial charge in [0.2, 0.25) is 0 Å². The summed E-state index contributed by atoms with van der Waals surface area (Å²) in [6.07, 6.45) is 7.51. The molecule has 0 amide bonds. The standard InChI is InChI=1S/C17H26N6/c1-13-10-15(3)23(21-13)17-12-18-11-16(20-17)19-7-9-22-8-5-4-6-14(22)2/h10-12,14H,4-9H2,1-3H3,(H,19,20). The van der Waals surface area contributed by atoms with Gasteiger partial charge in [0.1, 0.15) is 5.82 Å². The first kappa shape index (κ1) is 15.9. The zero-order chi connectivity index (χ0) is 16.2. The Balaban J connectivity index is 1.60. The highest BCUT2D eigenvalue weighted by molar-refractivity contribution is 5.36. The first-order valence-corrected chi connectivity index (χ1v) is 8.47. The van der Waals surface area contributed by atoms with Crippen molar-refractivity contribution in [2.75, 3.05) is 25.0 Å². The van der Waals surface area contributed by atoms with Gasteiger partial charge in [0.15, 0.2) is 5.82 Å². The molecule has 1 unspecified atom stereocenters. The highest BCUT2D eigenvalue weighted by Gasteiger charge is 2.17. The van der Waals surface area contributed by atoms with Crippen molar-refractivity contribution in [2.24, 2.45) is 0 Å². The van der Waals surface area contributed by atoms with Crippen LogP contribution in [0.5, 0.6) is 0 Å². The van der Waals surface area contributed by atoms with Crippen LogP contribution in [0.3, 0.4) is 0 Å². The fraction of sp³-hybridized carbons (Fsp3) is 0.588. The number of aromatic nitrogens is 4. The van der Waals surface area contributed by atoms with Crippen LogP contribution in [0.2, 0.25) is 0 Å². The van der Waals surface area contributed by atoms with E-state index in [1.54, 1.807) is 12.4 Å². The van der Waals surface area contributed by atoms with E-state index in [0.717, 1.165) is 36.1 Å². The van der Waals surface area contributed by atoms with Crippen molar-refractivity contribution in [3.63, 3.8) is 0 Å². The van der Waals surface area contributed by atoms with E-state index < -0.39 is 0 Å². The second-order valence-corrected chi connectivity index (χ2v) is 6.41. The molecular weight excluding hydrogens is 288 g/mol. The summed E-state index contributed by atoms with van der Waals surface area (Å²) in [5, 5.41) is 7.86. The highest BCUT2D eigenvalue weighted by Crippen LogP contribution is 2.16. The van der Waals surface area contributed by atoms with Crippen molar-refractivity contribution >= 4 is 5.82 Å². The second-order valence-electron chi connectivity index (χ2n) is 6.41. The number of hydrogen-bond acceptors (Lipinski definition) is 5. The van der Waals surface area contributed by atoms with Crippen LogP contribution in [0.4, 0.5) is 5.82 Å². The number of nitrogens with one attached hydrogen (secondary N) is 1. The van der Waals surface area contributed by atoms with Gasteiger partial charge in [-0.05, 0) is 46.2 Å². The molecule has 1 aliphatic rings. The number of aryl methyl sites for hydroxylation is 2. The minimum atomic E-state index is 0.692. The third-order valence-electron chi connectivity index (χ3n) is 4.49. The maximum absolute atomic E-state index is 4.63. The number of likely N-dealkylation sites (tertiary alicyclic amines) is 1. The summed E-state index contributed by atoms with van der Waals surface area (Å²) in [6, 6.07) is 2.73. The Hall–Kier alpha value is -1.95. The monoisotopic (exact) mass is 314 g/mol. The average molecular weight is 314 g/mol. The predicted octanol–water partition coefficient (Wildman–Crippen LogP) is 2.57. The summed E-state index contributed by atoms with van der Waals surface area (Å²) >= 11 is 0. The van der Waals surface area contributed by atoms with Gasteiger partial charge < -0.3 is 5.32 Å². The molecule has 6 nitrogen and oxygen atoms in total. The molecule has 0 radical (unpaired) electrons. The van der Waals surface area contributed by atoms with Crippen molar-refractivity contribution in [1.82, 2.24) is 24.6 Å². The topological polar surface area (TPSA) is 58.9 Å². The minimum Gasteiger partial charge on any atom is -0.367 e. The van der Waals surface area contributed by atoms with Gasteiger partial charge in [-0.15, -0.1) is 0 Å². The second kappa shape index (κ2) is 7.08. The smallest absolute Gasteiger partial charge is 0.174 e. The molecule has 3 rings (SSSR count). The fourth-order valence-electron chi connectivity index (χ4n) is 3.22. The van der Waals surface area contributed by atoms with Gasteiger partial charge in [-0.1, -0.05) is 6.42 Å². The van der Waals surface area contributed by atoms with Crippen LogP contribution in [0.25, 0.3) is 5.82 Å². The summed E-state index contributed by atoms with van der Waals surface area (Å²) in [7, 11) is 0. The quantitative estimate of drug-likeness (QED) is 0.919. The van der Waals surface area contributed by atoms with E-state index in [9.17, 15) is 0 Å². The van der Waals surface area contributed by atoms with Crippen LogP contribution in [-0.2, 0) is 0 Å². The minimum absolute atomic E-state index is 0.692. The van der Waals surface area contributed by atoms with E-state index in [1.807, 2.05) is 24.6 Å². The molecule has 0 bridgehead atoms. The first-order chi connectivity index (χ1) is 11.1. The largest absolute Gasteiger partial charge is 0.367 e. The summed E-state index contributed by atoms with van der Waals surface area (Å²) in [4.78, 5) is 11.5. The lowest BCUT2D eigenvalue weighted by atomic mass is 10.0. The molecule has 0 aliphatic carbocycles. The van der Waals surface area contributed by atoms with Gasteiger partial charge in [-0.2, -0.15) is 5.10 Å². The molecule has 3 heterocycles. The van der Waals surface area contributed by atoms with Crippen LogP contribution in [0.15, 0.2) is 18.5 Å². The molecule has 1 aliphatic heterocycles. The highest BCUT2D eigenvalue weighted by atomic mass is 15.3. The molecule has 2 aromatic rings. The average Bonchev–Trinajstić information content (AvgIpc) is 2.88. The van der Waals surface area contributed by atoms with Crippen LogP contribution in [0.1, 0.15) is 37.6 Å². The van der Waals surface area contributed by atoms with Crippen molar-refractivity contribution in [3.05, 3.63) is 29.8 Å². The van der Waals surface area contributed by atoms with Crippen LogP contribution in [0, 0.1) is 13.8 Å². The number of nitrogens with zero attached hydrogens (tertiary/aromatic N) is 5. The van der Waals surface area contributed by atoms with Crippen molar-refractivity contribution in [2.45, 2.75) is 46.1 Å². The van der Waals surface area contributed by atoms with Crippen molar-refractivity contribution in [1.29, 1.82) is 0 Å². The molecule has 124 valence electrons. The number of anilines is 1. The third-order valence-corrected chi connectivity index (χ3v) is 4.49. The Morgan fingerprint density at radius 3 is 2.87 bits per heavy atom. The van der Waals surface area contributed by atoms with E-state index in [1.165, 1.54) is 25.8 Å². The summed E-state index contributed by atoms with van der Waals surface area (Å²) in [6.45, 7) is 9.48. The van der Waals surface area contributed by atoms with E-state index >= 15 is 0 Å². The van der Waals surface area contributed by atoms with Crippen molar-refractivity contribution < 1.29 is 0 Å². The molecule has 1 fully saturated rings. The van der Waals surface area contributed by atoms with Crippen LogP contribution < -0.4 is 5.32 Å². The van der Waals surface area contributed by atoms with E-state index in [-0.39, 0.29) is 0 Å². The molecule has 2 aromatic heterocycles. The maximum atomic E-state index is 4.63. The zero-order valence-corrected chi connectivity index (χ0v) is 14.3. The number of rotatable bonds is 5.